The van der Waals surface area contributed by atoms with Gasteiger partial charge in [0.05, 0.1) is 16.5 Å². The van der Waals surface area contributed by atoms with Crippen molar-refractivity contribution < 1.29 is 8.42 Å². The highest BCUT2D eigenvalue weighted by Crippen LogP contribution is 2.15. The Kier molecular flexibility index (Phi) is 4.03. The summed E-state index contributed by atoms with van der Waals surface area (Å²) in [4.78, 5) is 0.0632. The summed E-state index contributed by atoms with van der Waals surface area (Å²) in [5, 5.41) is 17.0. The normalized spacial score (nSPS) is 10.8. The van der Waals surface area contributed by atoms with Crippen molar-refractivity contribution in [1.29, 1.82) is 5.26 Å². The second-order valence-electron chi connectivity index (χ2n) is 4.24. The van der Waals surface area contributed by atoms with Gasteiger partial charge >= 0.3 is 0 Å². The van der Waals surface area contributed by atoms with E-state index < -0.39 is 10.0 Å². The first kappa shape index (κ1) is 14.1. The Bertz CT molecular complexity index is 764. The van der Waals surface area contributed by atoms with Gasteiger partial charge in [-0.05, 0) is 35.9 Å². The lowest BCUT2D eigenvalue weighted by Gasteiger charge is -2.08. The van der Waals surface area contributed by atoms with Crippen LogP contribution in [-0.2, 0) is 16.6 Å². The molecular formula is C14H13N3O2S. The smallest absolute Gasteiger partial charge is 0.238 e. The minimum absolute atomic E-state index is 0.0632. The lowest BCUT2D eigenvalue weighted by atomic mass is 10.1. The average molecular weight is 287 g/mol. The highest BCUT2D eigenvalue weighted by atomic mass is 32.2. The average Bonchev–Trinajstić information content (AvgIpc) is 2.45. The molecular weight excluding hydrogens is 274 g/mol. The van der Waals surface area contributed by atoms with Crippen LogP contribution in [0.1, 0.15) is 11.1 Å². The number of rotatable bonds is 4. The molecule has 20 heavy (non-hydrogen) atoms. The molecule has 6 heteroatoms. The number of nitrogens with zero attached hydrogens (tertiary/aromatic N) is 1. The summed E-state index contributed by atoms with van der Waals surface area (Å²) in [7, 11) is -3.70. The van der Waals surface area contributed by atoms with Crippen molar-refractivity contribution in [2.75, 3.05) is 5.32 Å². The van der Waals surface area contributed by atoms with Crippen LogP contribution in [0.25, 0.3) is 0 Å². The van der Waals surface area contributed by atoms with E-state index in [0.717, 1.165) is 5.56 Å². The van der Waals surface area contributed by atoms with E-state index in [2.05, 4.69) is 11.4 Å². The largest absolute Gasteiger partial charge is 0.381 e. The first-order valence-corrected chi connectivity index (χ1v) is 7.39. The molecule has 2 rings (SSSR count). The highest BCUT2D eigenvalue weighted by Gasteiger charge is 2.07. The molecule has 2 aromatic rings. The number of primary sulfonamides is 1. The van der Waals surface area contributed by atoms with Crippen LogP contribution in [0.5, 0.6) is 0 Å². The molecule has 0 aliphatic rings. The van der Waals surface area contributed by atoms with Gasteiger partial charge in [-0.3, -0.25) is 0 Å². The zero-order valence-electron chi connectivity index (χ0n) is 10.6. The molecule has 0 spiro atoms. The summed E-state index contributed by atoms with van der Waals surface area (Å²) in [5.74, 6) is 0. The van der Waals surface area contributed by atoms with Crippen LogP contribution in [0.4, 0.5) is 5.69 Å². The summed E-state index contributed by atoms with van der Waals surface area (Å²) < 4.78 is 22.5. The van der Waals surface area contributed by atoms with Crippen LogP contribution in [-0.4, -0.2) is 8.42 Å². The Morgan fingerprint density at radius 1 is 1.15 bits per heavy atom. The van der Waals surface area contributed by atoms with Gasteiger partial charge in [0, 0.05) is 12.2 Å². The van der Waals surface area contributed by atoms with Crippen LogP contribution < -0.4 is 10.5 Å². The van der Waals surface area contributed by atoms with Crippen molar-refractivity contribution in [2.45, 2.75) is 11.4 Å². The summed E-state index contributed by atoms with van der Waals surface area (Å²) in [6.07, 6.45) is 0. The third-order valence-electron chi connectivity index (χ3n) is 2.72. The molecule has 0 aliphatic heterocycles. The van der Waals surface area contributed by atoms with Gasteiger partial charge in [0.2, 0.25) is 10.0 Å². The standard InChI is InChI=1S/C14H13N3O2S/c15-9-11-3-1-4-12(7-11)10-17-13-5-2-6-14(8-13)20(16,18)19/h1-8,17H,10H2,(H2,16,18,19). The molecule has 0 radical (unpaired) electrons. The van der Waals surface area contributed by atoms with Crippen molar-refractivity contribution in [3.63, 3.8) is 0 Å². The molecule has 0 fully saturated rings. The lowest BCUT2D eigenvalue weighted by molar-refractivity contribution is 0.598. The van der Waals surface area contributed by atoms with E-state index in [0.29, 0.717) is 17.8 Å². The van der Waals surface area contributed by atoms with E-state index in [1.54, 1.807) is 30.3 Å². The number of benzene rings is 2. The Labute approximate surface area is 117 Å². The molecule has 0 bridgehead atoms. The number of sulfonamides is 1. The third-order valence-corrected chi connectivity index (χ3v) is 3.63. The van der Waals surface area contributed by atoms with Crippen molar-refractivity contribution in [2.24, 2.45) is 5.14 Å². The van der Waals surface area contributed by atoms with Crippen molar-refractivity contribution in [1.82, 2.24) is 0 Å². The van der Waals surface area contributed by atoms with E-state index in [9.17, 15) is 8.42 Å². The van der Waals surface area contributed by atoms with E-state index in [-0.39, 0.29) is 4.90 Å². The Morgan fingerprint density at radius 3 is 2.60 bits per heavy atom. The fourth-order valence-electron chi connectivity index (χ4n) is 1.74. The second kappa shape index (κ2) is 5.74. The highest BCUT2D eigenvalue weighted by molar-refractivity contribution is 7.89. The fourth-order valence-corrected chi connectivity index (χ4v) is 2.30. The number of anilines is 1. The Morgan fingerprint density at radius 2 is 1.90 bits per heavy atom. The van der Waals surface area contributed by atoms with Gasteiger partial charge < -0.3 is 5.32 Å². The molecule has 0 saturated heterocycles. The minimum Gasteiger partial charge on any atom is -0.381 e. The lowest BCUT2D eigenvalue weighted by Crippen LogP contribution is -2.12. The molecule has 3 N–H and O–H groups in total. The van der Waals surface area contributed by atoms with Gasteiger partial charge in [0.25, 0.3) is 0 Å². The van der Waals surface area contributed by atoms with Crippen LogP contribution in [0.3, 0.4) is 0 Å². The monoisotopic (exact) mass is 287 g/mol. The molecule has 0 unspecified atom stereocenters. The summed E-state index contributed by atoms with van der Waals surface area (Å²) in [5.41, 5.74) is 2.17. The molecule has 0 aliphatic carbocycles. The van der Waals surface area contributed by atoms with Gasteiger partial charge in [0.1, 0.15) is 0 Å². The number of hydrogen-bond donors (Lipinski definition) is 2. The number of nitrogens with two attached hydrogens (primary N) is 1. The predicted octanol–water partition coefficient (Wildman–Crippen LogP) is 1.82. The molecule has 0 heterocycles. The molecule has 0 amide bonds. The molecule has 0 atom stereocenters. The summed E-state index contributed by atoms with van der Waals surface area (Å²) >= 11 is 0. The zero-order valence-corrected chi connectivity index (χ0v) is 11.4. The number of nitrogens with one attached hydrogen (secondary N) is 1. The molecule has 102 valence electrons. The van der Waals surface area contributed by atoms with Gasteiger partial charge in [-0.1, -0.05) is 18.2 Å². The topological polar surface area (TPSA) is 96.0 Å². The van der Waals surface area contributed by atoms with Crippen molar-refractivity contribution in [3.8, 4) is 6.07 Å². The van der Waals surface area contributed by atoms with Gasteiger partial charge in [-0.25, -0.2) is 13.6 Å². The van der Waals surface area contributed by atoms with Gasteiger partial charge in [-0.2, -0.15) is 5.26 Å². The quantitative estimate of drug-likeness (QED) is 0.896. The van der Waals surface area contributed by atoms with E-state index >= 15 is 0 Å². The van der Waals surface area contributed by atoms with Gasteiger partial charge in [-0.15, -0.1) is 0 Å². The van der Waals surface area contributed by atoms with Crippen LogP contribution in [0, 0.1) is 11.3 Å². The van der Waals surface area contributed by atoms with Gasteiger partial charge in [0.15, 0.2) is 0 Å². The SMILES string of the molecule is N#Cc1cccc(CNc2cccc(S(N)(=O)=O)c2)c1. The molecule has 0 aromatic heterocycles. The van der Waals surface area contributed by atoms with E-state index in [1.807, 2.05) is 6.07 Å². The third kappa shape index (κ3) is 3.57. The first-order valence-electron chi connectivity index (χ1n) is 5.85. The molecule has 2 aromatic carbocycles. The van der Waals surface area contributed by atoms with Crippen LogP contribution >= 0.6 is 0 Å². The summed E-state index contributed by atoms with van der Waals surface area (Å²) in [6, 6.07) is 15.5. The Hall–Kier alpha value is -2.36. The van der Waals surface area contributed by atoms with Crippen molar-refractivity contribution >= 4 is 15.7 Å². The fraction of sp³-hybridized carbons (Fsp3) is 0.0714. The van der Waals surface area contributed by atoms with E-state index in [4.69, 9.17) is 10.4 Å². The second-order valence-corrected chi connectivity index (χ2v) is 5.80. The first-order chi connectivity index (χ1) is 9.49. The maximum absolute atomic E-state index is 11.3. The maximum Gasteiger partial charge on any atom is 0.238 e. The summed E-state index contributed by atoms with van der Waals surface area (Å²) in [6.45, 7) is 0.490. The minimum atomic E-state index is -3.70. The predicted molar refractivity (Wildman–Crippen MR) is 76.3 cm³/mol. The Balaban J connectivity index is 2.13. The number of hydrogen-bond acceptors (Lipinski definition) is 4. The molecule has 5 nitrogen and oxygen atoms in total. The van der Waals surface area contributed by atoms with Crippen molar-refractivity contribution in [3.05, 3.63) is 59.7 Å². The zero-order chi connectivity index (χ0) is 14.6. The number of nitriles is 1. The van der Waals surface area contributed by atoms with E-state index in [1.165, 1.54) is 12.1 Å². The van der Waals surface area contributed by atoms with Crippen LogP contribution in [0.2, 0.25) is 0 Å². The maximum atomic E-state index is 11.3. The molecule has 0 saturated carbocycles. The van der Waals surface area contributed by atoms with Crippen LogP contribution in [0.15, 0.2) is 53.4 Å².